The minimum absolute atomic E-state index is 0.0441. The Morgan fingerprint density at radius 3 is 2.40 bits per heavy atom. The van der Waals surface area contributed by atoms with E-state index < -0.39 is 0 Å². The molecule has 2 rings (SSSR count). The van der Waals surface area contributed by atoms with Crippen molar-refractivity contribution in [1.29, 1.82) is 0 Å². The Kier molecular flexibility index (Phi) is 5.21. The van der Waals surface area contributed by atoms with E-state index in [1.807, 2.05) is 13.0 Å². The summed E-state index contributed by atoms with van der Waals surface area (Å²) in [7, 11) is 0. The van der Waals surface area contributed by atoms with Crippen LogP contribution in [0.25, 0.3) is 0 Å². The number of benzene rings is 2. The summed E-state index contributed by atoms with van der Waals surface area (Å²) in [4.78, 5) is 2.35. The van der Waals surface area contributed by atoms with Crippen LogP contribution in [-0.4, -0.2) is 6.54 Å². The van der Waals surface area contributed by atoms with Gasteiger partial charge in [0.1, 0.15) is 0 Å². The molecule has 0 radical (unpaired) electrons. The van der Waals surface area contributed by atoms with Gasteiger partial charge in [0, 0.05) is 29.3 Å². The number of rotatable bonds is 5. The second-order valence-electron chi connectivity index (χ2n) is 4.99. The molecule has 0 heterocycles. The zero-order chi connectivity index (χ0) is 14.5. The first-order valence-corrected chi connectivity index (χ1v) is 7.75. The van der Waals surface area contributed by atoms with Gasteiger partial charge in [-0.25, -0.2) is 0 Å². The van der Waals surface area contributed by atoms with Crippen LogP contribution in [0.3, 0.4) is 0 Å². The maximum atomic E-state index is 5.95. The van der Waals surface area contributed by atoms with Crippen molar-refractivity contribution in [2.24, 2.45) is 5.73 Å². The predicted molar refractivity (Wildman–Crippen MR) is 89.9 cm³/mol. The van der Waals surface area contributed by atoms with Gasteiger partial charge < -0.3 is 10.6 Å². The Morgan fingerprint density at radius 2 is 1.85 bits per heavy atom. The number of nitrogens with zero attached hydrogens (tertiary/aromatic N) is 1. The van der Waals surface area contributed by atoms with E-state index in [-0.39, 0.29) is 6.04 Å². The number of hydrogen-bond donors (Lipinski definition) is 1. The predicted octanol–water partition coefficient (Wildman–Crippen LogP) is 4.50. The first kappa shape index (κ1) is 15.1. The summed E-state index contributed by atoms with van der Waals surface area (Å²) in [5.41, 5.74) is 9.63. The van der Waals surface area contributed by atoms with Gasteiger partial charge in [0.2, 0.25) is 0 Å². The molecule has 0 saturated heterocycles. The lowest BCUT2D eigenvalue weighted by atomic mass is 10.1. The van der Waals surface area contributed by atoms with Crippen molar-refractivity contribution in [3.8, 4) is 0 Å². The summed E-state index contributed by atoms with van der Waals surface area (Å²) in [6.45, 7) is 6.07. The van der Waals surface area contributed by atoms with Crippen molar-refractivity contribution < 1.29 is 0 Å². The Bertz CT molecular complexity index is 552. The van der Waals surface area contributed by atoms with Crippen LogP contribution in [0, 0.1) is 0 Å². The Morgan fingerprint density at radius 1 is 1.15 bits per heavy atom. The van der Waals surface area contributed by atoms with Crippen LogP contribution < -0.4 is 10.6 Å². The van der Waals surface area contributed by atoms with Gasteiger partial charge in [0.05, 0.1) is 0 Å². The van der Waals surface area contributed by atoms with Gasteiger partial charge in [-0.05, 0) is 37.1 Å². The maximum absolute atomic E-state index is 5.95. The molecular weight excluding hydrogens is 312 g/mol. The summed E-state index contributed by atoms with van der Waals surface area (Å²) in [6, 6.07) is 17.0. The smallest absolute Gasteiger partial charge is 0.0429 e. The molecule has 3 heteroatoms. The zero-order valence-electron chi connectivity index (χ0n) is 12.0. The molecule has 1 atom stereocenters. The molecule has 20 heavy (non-hydrogen) atoms. The third-order valence-corrected chi connectivity index (χ3v) is 4.12. The molecule has 0 saturated carbocycles. The molecule has 0 unspecified atom stereocenters. The van der Waals surface area contributed by atoms with Gasteiger partial charge in [-0.2, -0.15) is 0 Å². The first-order chi connectivity index (χ1) is 9.61. The molecule has 0 aromatic heterocycles. The lowest BCUT2D eigenvalue weighted by molar-refractivity contribution is 0.805. The fraction of sp³-hybridized carbons (Fsp3) is 0.294. The number of anilines is 1. The third kappa shape index (κ3) is 3.62. The number of nitrogens with two attached hydrogens (primary N) is 1. The SMILES string of the molecule is CCN(Cc1ccccc1)c1ccc([C@@H](C)N)c(Br)c1. The quantitative estimate of drug-likeness (QED) is 0.873. The van der Waals surface area contributed by atoms with Crippen LogP contribution in [0.4, 0.5) is 5.69 Å². The van der Waals surface area contributed by atoms with Gasteiger partial charge in [0.15, 0.2) is 0 Å². The summed E-state index contributed by atoms with van der Waals surface area (Å²) in [5, 5.41) is 0. The summed E-state index contributed by atoms with van der Waals surface area (Å²) >= 11 is 3.62. The molecule has 0 amide bonds. The maximum Gasteiger partial charge on any atom is 0.0429 e. The molecule has 0 spiro atoms. The summed E-state index contributed by atoms with van der Waals surface area (Å²) in [6.07, 6.45) is 0. The molecule has 0 aliphatic carbocycles. The molecule has 0 aliphatic rings. The second-order valence-corrected chi connectivity index (χ2v) is 5.85. The number of hydrogen-bond acceptors (Lipinski definition) is 2. The molecule has 2 aromatic carbocycles. The van der Waals surface area contributed by atoms with Crippen molar-refractivity contribution in [3.63, 3.8) is 0 Å². The lowest BCUT2D eigenvalue weighted by Crippen LogP contribution is -2.22. The highest BCUT2D eigenvalue weighted by atomic mass is 79.9. The Balaban J connectivity index is 2.22. The average molecular weight is 333 g/mol. The molecule has 0 bridgehead atoms. The molecule has 106 valence electrons. The van der Waals surface area contributed by atoms with Gasteiger partial charge in [-0.15, -0.1) is 0 Å². The van der Waals surface area contributed by atoms with Crippen molar-refractivity contribution in [2.75, 3.05) is 11.4 Å². The largest absolute Gasteiger partial charge is 0.367 e. The van der Waals surface area contributed by atoms with E-state index in [0.29, 0.717) is 0 Å². The number of halogens is 1. The second kappa shape index (κ2) is 6.91. The highest BCUT2D eigenvalue weighted by Gasteiger charge is 2.10. The molecule has 2 nitrogen and oxygen atoms in total. The van der Waals surface area contributed by atoms with Crippen LogP contribution in [0.5, 0.6) is 0 Å². The summed E-state index contributed by atoms with van der Waals surface area (Å²) in [5.74, 6) is 0. The van der Waals surface area contributed by atoms with Crippen molar-refractivity contribution >= 4 is 21.6 Å². The normalized spacial score (nSPS) is 12.2. The molecule has 0 fully saturated rings. The van der Waals surface area contributed by atoms with Crippen LogP contribution in [0.2, 0.25) is 0 Å². The van der Waals surface area contributed by atoms with E-state index in [4.69, 9.17) is 5.73 Å². The third-order valence-electron chi connectivity index (χ3n) is 3.44. The van der Waals surface area contributed by atoms with E-state index in [1.54, 1.807) is 0 Å². The van der Waals surface area contributed by atoms with E-state index in [2.05, 4.69) is 70.2 Å². The summed E-state index contributed by atoms with van der Waals surface area (Å²) < 4.78 is 1.08. The van der Waals surface area contributed by atoms with Crippen molar-refractivity contribution in [1.82, 2.24) is 0 Å². The van der Waals surface area contributed by atoms with Crippen LogP contribution in [-0.2, 0) is 6.54 Å². The average Bonchev–Trinajstić information content (AvgIpc) is 2.45. The van der Waals surface area contributed by atoms with Crippen molar-refractivity contribution in [3.05, 3.63) is 64.1 Å². The minimum Gasteiger partial charge on any atom is -0.367 e. The van der Waals surface area contributed by atoms with Gasteiger partial charge in [-0.3, -0.25) is 0 Å². The first-order valence-electron chi connectivity index (χ1n) is 6.95. The Hall–Kier alpha value is -1.32. The van der Waals surface area contributed by atoms with E-state index in [1.165, 1.54) is 11.3 Å². The minimum atomic E-state index is 0.0441. The monoisotopic (exact) mass is 332 g/mol. The molecule has 2 N–H and O–H groups in total. The van der Waals surface area contributed by atoms with Gasteiger partial charge in [-0.1, -0.05) is 52.3 Å². The lowest BCUT2D eigenvalue weighted by Gasteiger charge is -2.24. The Labute approximate surface area is 129 Å². The van der Waals surface area contributed by atoms with Crippen LogP contribution in [0.15, 0.2) is 53.0 Å². The fourth-order valence-electron chi connectivity index (χ4n) is 2.27. The van der Waals surface area contributed by atoms with Crippen molar-refractivity contribution in [2.45, 2.75) is 26.4 Å². The molecular formula is C17H21BrN2. The van der Waals surface area contributed by atoms with Crippen LogP contribution in [0.1, 0.15) is 31.0 Å². The topological polar surface area (TPSA) is 29.3 Å². The highest BCUT2D eigenvalue weighted by Crippen LogP contribution is 2.28. The van der Waals surface area contributed by atoms with E-state index in [0.717, 1.165) is 23.1 Å². The van der Waals surface area contributed by atoms with Gasteiger partial charge in [0.25, 0.3) is 0 Å². The molecule has 0 aliphatic heterocycles. The van der Waals surface area contributed by atoms with E-state index in [9.17, 15) is 0 Å². The molecule has 2 aromatic rings. The van der Waals surface area contributed by atoms with Gasteiger partial charge >= 0.3 is 0 Å². The fourth-order valence-corrected chi connectivity index (χ4v) is 3.00. The highest BCUT2D eigenvalue weighted by molar-refractivity contribution is 9.10. The van der Waals surface area contributed by atoms with Crippen LogP contribution >= 0.6 is 15.9 Å². The standard InChI is InChI=1S/C17H21BrN2/c1-3-20(12-14-7-5-4-6-8-14)15-9-10-16(13(2)19)17(18)11-15/h4-11,13H,3,12,19H2,1-2H3/t13-/m1/s1. The van der Waals surface area contributed by atoms with E-state index >= 15 is 0 Å². The zero-order valence-corrected chi connectivity index (χ0v) is 13.6.